The maximum absolute atomic E-state index is 12.3. The van der Waals surface area contributed by atoms with Crippen LogP contribution < -0.4 is 5.32 Å². The summed E-state index contributed by atoms with van der Waals surface area (Å²) in [5, 5.41) is 3.48. The standard InChI is InChI=1S/C20H23ClN4O3S/c1-24(2)29(27,28)15-8-9-18-17(12-15)23-19(25(18)3)10-11-20(26)22-13-14-6-4-5-7-16(14)21/h4-9,12H,10-11,13H2,1-3H3,(H,22,26). The molecule has 29 heavy (non-hydrogen) atoms. The number of rotatable bonds is 7. The zero-order valence-electron chi connectivity index (χ0n) is 16.5. The SMILES string of the molecule is CN(C)S(=O)(=O)c1ccc2c(c1)nc(CCC(=O)NCc1ccccc1Cl)n2C. The molecule has 1 heterocycles. The van der Waals surface area contributed by atoms with Gasteiger partial charge in [-0.1, -0.05) is 29.8 Å². The van der Waals surface area contributed by atoms with E-state index in [-0.39, 0.29) is 17.2 Å². The second-order valence-electron chi connectivity index (χ2n) is 6.89. The van der Waals surface area contributed by atoms with Gasteiger partial charge in [-0.25, -0.2) is 17.7 Å². The van der Waals surface area contributed by atoms with Crippen LogP contribution in [-0.4, -0.2) is 42.3 Å². The second-order valence-corrected chi connectivity index (χ2v) is 9.45. The van der Waals surface area contributed by atoms with Crippen LogP contribution in [0.15, 0.2) is 47.4 Å². The van der Waals surface area contributed by atoms with Crippen molar-refractivity contribution in [3.8, 4) is 0 Å². The molecule has 0 saturated carbocycles. The Morgan fingerprint density at radius 1 is 1.21 bits per heavy atom. The Kier molecular flexibility index (Phi) is 6.26. The van der Waals surface area contributed by atoms with E-state index in [1.165, 1.54) is 18.4 Å². The van der Waals surface area contributed by atoms with Gasteiger partial charge in [0.15, 0.2) is 0 Å². The minimum absolute atomic E-state index is 0.104. The number of carbonyl (C=O) groups excluding carboxylic acids is 1. The first-order chi connectivity index (χ1) is 13.7. The van der Waals surface area contributed by atoms with Crippen molar-refractivity contribution in [2.24, 2.45) is 7.05 Å². The minimum Gasteiger partial charge on any atom is -0.352 e. The first-order valence-electron chi connectivity index (χ1n) is 9.08. The molecule has 7 nitrogen and oxygen atoms in total. The van der Waals surface area contributed by atoms with Crippen LogP contribution in [0.2, 0.25) is 5.02 Å². The van der Waals surface area contributed by atoms with Crippen molar-refractivity contribution in [3.05, 3.63) is 58.9 Å². The molecule has 154 valence electrons. The maximum Gasteiger partial charge on any atom is 0.242 e. The lowest BCUT2D eigenvalue weighted by Gasteiger charge is -2.10. The van der Waals surface area contributed by atoms with Gasteiger partial charge in [-0.05, 0) is 29.8 Å². The molecular formula is C20H23ClN4O3S. The molecule has 1 aromatic heterocycles. The molecular weight excluding hydrogens is 412 g/mol. The van der Waals surface area contributed by atoms with E-state index >= 15 is 0 Å². The zero-order valence-corrected chi connectivity index (χ0v) is 18.1. The highest BCUT2D eigenvalue weighted by atomic mass is 35.5. The van der Waals surface area contributed by atoms with Crippen molar-refractivity contribution in [1.29, 1.82) is 0 Å². The van der Waals surface area contributed by atoms with Gasteiger partial charge in [0.1, 0.15) is 5.82 Å². The number of aryl methyl sites for hydroxylation is 2. The van der Waals surface area contributed by atoms with Crippen molar-refractivity contribution < 1.29 is 13.2 Å². The van der Waals surface area contributed by atoms with Gasteiger partial charge in [0, 0.05) is 45.6 Å². The van der Waals surface area contributed by atoms with Gasteiger partial charge in [0.2, 0.25) is 15.9 Å². The van der Waals surface area contributed by atoms with E-state index in [4.69, 9.17) is 11.6 Å². The smallest absolute Gasteiger partial charge is 0.242 e. The molecule has 0 aliphatic carbocycles. The third-order valence-electron chi connectivity index (χ3n) is 4.73. The molecule has 2 aromatic carbocycles. The largest absolute Gasteiger partial charge is 0.352 e. The number of benzene rings is 2. The third kappa shape index (κ3) is 4.60. The summed E-state index contributed by atoms with van der Waals surface area (Å²) < 4.78 is 27.7. The number of imidazole rings is 1. The summed E-state index contributed by atoms with van der Waals surface area (Å²) in [6, 6.07) is 12.2. The number of hydrogen-bond donors (Lipinski definition) is 1. The average Bonchev–Trinajstić information content (AvgIpc) is 3.00. The maximum atomic E-state index is 12.3. The average molecular weight is 435 g/mol. The number of aromatic nitrogens is 2. The van der Waals surface area contributed by atoms with Crippen LogP contribution in [0.5, 0.6) is 0 Å². The van der Waals surface area contributed by atoms with E-state index in [2.05, 4.69) is 10.3 Å². The number of carbonyl (C=O) groups is 1. The normalized spacial score (nSPS) is 11.9. The Morgan fingerprint density at radius 2 is 1.93 bits per heavy atom. The van der Waals surface area contributed by atoms with Gasteiger partial charge in [-0.3, -0.25) is 4.79 Å². The molecule has 0 bridgehead atoms. The van der Waals surface area contributed by atoms with Gasteiger partial charge in [-0.15, -0.1) is 0 Å². The number of nitrogens with zero attached hydrogens (tertiary/aromatic N) is 3. The third-order valence-corrected chi connectivity index (χ3v) is 6.91. The van der Waals surface area contributed by atoms with Crippen LogP contribution >= 0.6 is 11.6 Å². The number of sulfonamides is 1. The minimum atomic E-state index is -3.53. The Labute approximate surface area is 175 Å². The number of hydrogen-bond acceptors (Lipinski definition) is 4. The monoisotopic (exact) mass is 434 g/mol. The summed E-state index contributed by atoms with van der Waals surface area (Å²) in [6.45, 7) is 0.368. The lowest BCUT2D eigenvalue weighted by Crippen LogP contribution is -2.23. The molecule has 0 atom stereocenters. The van der Waals surface area contributed by atoms with E-state index in [1.54, 1.807) is 24.3 Å². The Bertz CT molecular complexity index is 1160. The fourth-order valence-electron chi connectivity index (χ4n) is 2.97. The molecule has 9 heteroatoms. The topological polar surface area (TPSA) is 84.3 Å². The molecule has 0 radical (unpaired) electrons. The first kappa shape index (κ1) is 21.3. The Balaban J connectivity index is 1.69. The summed E-state index contributed by atoms with van der Waals surface area (Å²) in [6.07, 6.45) is 0.708. The molecule has 3 rings (SSSR count). The molecule has 0 fully saturated rings. The van der Waals surface area contributed by atoms with Gasteiger partial charge in [0.25, 0.3) is 0 Å². The van der Waals surface area contributed by atoms with Crippen molar-refractivity contribution in [2.45, 2.75) is 24.3 Å². The summed E-state index contributed by atoms with van der Waals surface area (Å²) in [4.78, 5) is 16.9. The van der Waals surface area contributed by atoms with Crippen molar-refractivity contribution in [3.63, 3.8) is 0 Å². The van der Waals surface area contributed by atoms with Crippen molar-refractivity contribution >= 4 is 38.6 Å². The van der Waals surface area contributed by atoms with Gasteiger partial charge in [0.05, 0.1) is 15.9 Å². The molecule has 1 N–H and O–H groups in total. The van der Waals surface area contributed by atoms with E-state index < -0.39 is 10.0 Å². The number of halogens is 1. The summed E-state index contributed by atoms with van der Waals surface area (Å²) in [7, 11) is 1.31. The number of amides is 1. The number of nitrogens with one attached hydrogen (secondary N) is 1. The Hall–Kier alpha value is -2.42. The predicted octanol–water partition coefficient (Wildman–Crippen LogP) is 2.73. The van der Waals surface area contributed by atoms with E-state index in [0.29, 0.717) is 29.3 Å². The second kappa shape index (κ2) is 8.52. The summed E-state index contributed by atoms with van der Waals surface area (Å²) in [5.41, 5.74) is 2.26. The fraction of sp³-hybridized carbons (Fsp3) is 0.300. The predicted molar refractivity (Wildman–Crippen MR) is 113 cm³/mol. The van der Waals surface area contributed by atoms with Crippen LogP contribution in [0.4, 0.5) is 0 Å². The zero-order chi connectivity index (χ0) is 21.2. The van der Waals surface area contributed by atoms with Crippen LogP contribution in [0.3, 0.4) is 0 Å². The van der Waals surface area contributed by atoms with Crippen LogP contribution in [0.25, 0.3) is 11.0 Å². The highest BCUT2D eigenvalue weighted by molar-refractivity contribution is 7.89. The van der Waals surface area contributed by atoms with Crippen molar-refractivity contribution in [2.75, 3.05) is 14.1 Å². The molecule has 0 unspecified atom stereocenters. The highest BCUT2D eigenvalue weighted by Gasteiger charge is 2.19. The van der Waals surface area contributed by atoms with E-state index in [1.807, 2.05) is 29.8 Å². The van der Waals surface area contributed by atoms with Crippen LogP contribution in [0.1, 0.15) is 17.8 Å². The summed E-state index contributed by atoms with van der Waals surface area (Å²) >= 11 is 6.10. The van der Waals surface area contributed by atoms with E-state index in [0.717, 1.165) is 11.1 Å². The molecule has 0 aliphatic rings. The first-order valence-corrected chi connectivity index (χ1v) is 10.9. The van der Waals surface area contributed by atoms with Gasteiger partial charge in [-0.2, -0.15) is 0 Å². The Morgan fingerprint density at radius 3 is 2.62 bits per heavy atom. The quantitative estimate of drug-likeness (QED) is 0.619. The molecule has 0 spiro atoms. The van der Waals surface area contributed by atoms with Crippen LogP contribution in [-0.2, 0) is 34.8 Å². The van der Waals surface area contributed by atoms with E-state index in [9.17, 15) is 13.2 Å². The lowest BCUT2D eigenvalue weighted by atomic mass is 10.2. The molecule has 0 aliphatic heterocycles. The van der Waals surface area contributed by atoms with Gasteiger partial charge < -0.3 is 9.88 Å². The highest BCUT2D eigenvalue weighted by Crippen LogP contribution is 2.22. The molecule has 3 aromatic rings. The lowest BCUT2D eigenvalue weighted by molar-refractivity contribution is -0.121. The fourth-order valence-corrected chi connectivity index (χ4v) is 4.10. The van der Waals surface area contributed by atoms with Crippen molar-refractivity contribution in [1.82, 2.24) is 19.2 Å². The molecule has 0 saturated heterocycles. The number of fused-ring (bicyclic) bond motifs is 1. The molecule has 1 amide bonds. The van der Waals surface area contributed by atoms with Gasteiger partial charge >= 0.3 is 0 Å². The van der Waals surface area contributed by atoms with Crippen LogP contribution in [0, 0.1) is 0 Å². The summed E-state index contributed by atoms with van der Waals surface area (Å²) in [5.74, 6) is 0.611.